The van der Waals surface area contributed by atoms with Crippen molar-refractivity contribution in [3.05, 3.63) is 57.0 Å². The van der Waals surface area contributed by atoms with Crippen LogP contribution in [0.25, 0.3) is 0 Å². The van der Waals surface area contributed by atoms with E-state index in [1.165, 1.54) is 17.8 Å². The summed E-state index contributed by atoms with van der Waals surface area (Å²) in [5, 5.41) is 9.44. The first-order chi connectivity index (χ1) is 9.08. The van der Waals surface area contributed by atoms with Crippen LogP contribution in [0.1, 0.15) is 22.4 Å². The van der Waals surface area contributed by atoms with Crippen LogP contribution in [0.4, 0.5) is 0 Å². The third-order valence-electron chi connectivity index (χ3n) is 2.68. The molecule has 19 heavy (non-hydrogen) atoms. The number of nitriles is 1. The van der Waals surface area contributed by atoms with Crippen LogP contribution >= 0.6 is 11.8 Å². The Hall–Kier alpha value is -2.06. The molecule has 1 aromatic carbocycles. The maximum Gasteiger partial charge on any atom is 0.251 e. The molecule has 5 heteroatoms. The van der Waals surface area contributed by atoms with Crippen LogP contribution in [0.3, 0.4) is 0 Å². The molecule has 0 fully saturated rings. The van der Waals surface area contributed by atoms with Gasteiger partial charge in [0.2, 0.25) is 0 Å². The van der Waals surface area contributed by atoms with E-state index in [4.69, 9.17) is 5.26 Å². The Balaban J connectivity index is 2.15. The summed E-state index contributed by atoms with van der Waals surface area (Å²) in [7, 11) is 0. The summed E-state index contributed by atoms with van der Waals surface area (Å²) in [6, 6.07) is 9.19. The van der Waals surface area contributed by atoms with Crippen LogP contribution in [0.2, 0.25) is 0 Å². The zero-order chi connectivity index (χ0) is 13.8. The van der Waals surface area contributed by atoms with Crippen molar-refractivity contribution in [3.8, 4) is 6.07 Å². The summed E-state index contributed by atoms with van der Waals surface area (Å²) in [6.45, 7) is 3.77. The first-order valence-electron chi connectivity index (χ1n) is 5.79. The Morgan fingerprint density at radius 3 is 2.79 bits per heavy atom. The monoisotopic (exact) mass is 271 g/mol. The number of hydrogen-bond acceptors (Lipinski definition) is 4. The first-order valence-corrected chi connectivity index (χ1v) is 6.77. The zero-order valence-corrected chi connectivity index (χ0v) is 11.5. The van der Waals surface area contributed by atoms with Gasteiger partial charge in [-0.2, -0.15) is 5.26 Å². The van der Waals surface area contributed by atoms with Gasteiger partial charge in [0.15, 0.2) is 5.16 Å². The molecule has 2 rings (SSSR count). The second kappa shape index (κ2) is 5.72. The van der Waals surface area contributed by atoms with Crippen LogP contribution in [-0.2, 0) is 5.75 Å². The summed E-state index contributed by atoms with van der Waals surface area (Å²) in [6.07, 6.45) is 0. The van der Waals surface area contributed by atoms with Gasteiger partial charge in [0.1, 0.15) is 0 Å². The van der Waals surface area contributed by atoms with Crippen molar-refractivity contribution in [2.24, 2.45) is 0 Å². The van der Waals surface area contributed by atoms with Crippen molar-refractivity contribution in [1.29, 1.82) is 5.26 Å². The maximum atomic E-state index is 11.3. The standard InChI is InChI=1S/C14H13N3OS/c1-9-5-11(7-15)3-4-12(9)8-19-14-16-10(2)6-13(18)17-14/h3-6H,8H2,1-2H3,(H,16,17,18). The lowest BCUT2D eigenvalue weighted by Crippen LogP contribution is -2.08. The molecule has 0 radical (unpaired) electrons. The molecule has 0 unspecified atom stereocenters. The van der Waals surface area contributed by atoms with Crippen LogP contribution in [0, 0.1) is 25.2 Å². The fourth-order valence-electron chi connectivity index (χ4n) is 1.69. The van der Waals surface area contributed by atoms with Crippen molar-refractivity contribution in [2.45, 2.75) is 24.8 Å². The number of rotatable bonds is 3. The Morgan fingerprint density at radius 1 is 1.37 bits per heavy atom. The maximum absolute atomic E-state index is 11.3. The summed E-state index contributed by atoms with van der Waals surface area (Å²) in [5.74, 6) is 0.712. The van der Waals surface area contributed by atoms with E-state index in [9.17, 15) is 4.79 Å². The SMILES string of the molecule is Cc1cc(=O)[nH]c(SCc2ccc(C#N)cc2C)n1. The molecule has 1 N–H and O–H groups in total. The fraction of sp³-hybridized carbons (Fsp3) is 0.214. The number of aryl methyl sites for hydroxylation is 2. The van der Waals surface area contributed by atoms with E-state index in [-0.39, 0.29) is 5.56 Å². The zero-order valence-electron chi connectivity index (χ0n) is 10.7. The topological polar surface area (TPSA) is 69.5 Å². The lowest BCUT2D eigenvalue weighted by Gasteiger charge is -2.05. The van der Waals surface area contributed by atoms with E-state index in [1.807, 2.05) is 19.1 Å². The molecular formula is C14H13N3OS. The largest absolute Gasteiger partial charge is 0.301 e. The van der Waals surface area contributed by atoms with Crippen LogP contribution in [0.15, 0.2) is 34.2 Å². The summed E-state index contributed by atoms with van der Waals surface area (Å²) < 4.78 is 0. The Bertz CT molecular complexity index is 701. The minimum Gasteiger partial charge on any atom is -0.301 e. The molecule has 1 heterocycles. The number of nitrogens with one attached hydrogen (secondary N) is 1. The smallest absolute Gasteiger partial charge is 0.251 e. The third-order valence-corrected chi connectivity index (χ3v) is 3.61. The molecular weight excluding hydrogens is 258 g/mol. The highest BCUT2D eigenvalue weighted by Gasteiger charge is 2.03. The molecule has 0 atom stereocenters. The van der Waals surface area contributed by atoms with Gasteiger partial charge in [-0.1, -0.05) is 17.8 Å². The Kier molecular flexibility index (Phi) is 4.03. The van der Waals surface area contributed by atoms with Gasteiger partial charge >= 0.3 is 0 Å². The molecule has 0 amide bonds. The van der Waals surface area contributed by atoms with Crippen LogP contribution in [-0.4, -0.2) is 9.97 Å². The van der Waals surface area contributed by atoms with Gasteiger partial charge in [-0.25, -0.2) is 4.98 Å². The highest BCUT2D eigenvalue weighted by Crippen LogP contribution is 2.21. The van der Waals surface area contributed by atoms with E-state index in [2.05, 4.69) is 16.0 Å². The van der Waals surface area contributed by atoms with Gasteiger partial charge < -0.3 is 4.98 Å². The normalized spacial score (nSPS) is 10.2. The molecule has 0 saturated carbocycles. The van der Waals surface area contributed by atoms with Crippen molar-refractivity contribution < 1.29 is 0 Å². The summed E-state index contributed by atoms with van der Waals surface area (Å²) in [4.78, 5) is 18.3. The average molecular weight is 271 g/mol. The molecule has 96 valence electrons. The third kappa shape index (κ3) is 3.46. The minimum atomic E-state index is -0.133. The van der Waals surface area contributed by atoms with Crippen molar-refractivity contribution in [3.63, 3.8) is 0 Å². The lowest BCUT2D eigenvalue weighted by molar-refractivity contribution is 0.905. The van der Waals surface area contributed by atoms with Crippen LogP contribution < -0.4 is 5.56 Å². The molecule has 0 aliphatic rings. The van der Waals surface area contributed by atoms with Gasteiger partial charge in [-0.15, -0.1) is 0 Å². The molecule has 0 aliphatic heterocycles. The second-order valence-electron chi connectivity index (χ2n) is 4.23. The minimum absolute atomic E-state index is 0.133. The number of H-pyrrole nitrogens is 1. The second-order valence-corrected chi connectivity index (χ2v) is 5.20. The molecule has 0 spiro atoms. The molecule has 4 nitrogen and oxygen atoms in total. The lowest BCUT2D eigenvalue weighted by atomic mass is 10.1. The number of benzene rings is 1. The average Bonchev–Trinajstić information content (AvgIpc) is 2.36. The van der Waals surface area contributed by atoms with E-state index in [0.717, 1.165) is 11.1 Å². The van der Waals surface area contributed by atoms with E-state index in [0.29, 0.717) is 22.2 Å². The summed E-state index contributed by atoms with van der Waals surface area (Å²) in [5.41, 5.74) is 3.44. The highest BCUT2D eigenvalue weighted by molar-refractivity contribution is 7.98. The molecule has 1 aromatic heterocycles. The van der Waals surface area contributed by atoms with Crippen molar-refractivity contribution >= 4 is 11.8 Å². The molecule has 0 aliphatic carbocycles. The van der Waals surface area contributed by atoms with Crippen molar-refractivity contribution in [2.75, 3.05) is 0 Å². The van der Waals surface area contributed by atoms with Crippen LogP contribution in [0.5, 0.6) is 0 Å². The number of aromatic nitrogens is 2. The fourth-order valence-corrected chi connectivity index (χ4v) is 2.69. The van der Waals surface area contributed by atoms with Crippen molar-refractivity contribution in [1.82, 2.24) is 9.97 Å². The van der Waals surface area contributed by atoms with Gasteiger partial charge in [0.25, 0.3) is 5.56 Å². The predicted octanol–water partition coefficient (Wildman–Crippen LogP) is 2.55. The van der Waals surface area contributed by atoms with Gasteiger partial charge in [-0.05, 0) is 37.1 Å². The van der Waals surface area contributed by atoms with Gasteiger partial charge in [0.05, 0.1) is 11.6 Å². The van der Waals surface area contributed by atoms with E-state index < -0.39 is 0 Å². The predicted molar refractivity (Wildman–Crippen MR) is 75.0 cm³/mol. The van der Waals surface area contributed by atoms with Gasteiger partial charge in [0, 0.05) is 17.5 Å². The highest BCUT2D eigenvalue weighted by atomic mass is 32.2. The Labute approximate surface area is 115 Å². The molecule has 2 aromatic rings. The van der Waals surface area contributed by atoms with E-state index >= 15 is 0 Å². The van der Waals surface area contributed by atoms with E-state index in [1.54, 1.807) is 13.0 Å². The van der Waals surface area contributed by atoms with Gasteiger partial charge in [-0.3, -0.25) is 4.79 Å². The molecule has 0 saturated heterocycles. The first kappa shape index (κ1) is 13.4. The summed E-state index contributed by atoms with van der Waals surface area (Å²) >= 11 is 1.48. The quantitative estimate of drug-likeness (QED) is 0.688. The number of hydrogen-bond donors (Lipinski definition) is 1. The molecule has 0 bridgehead atoms. The number of thioether (sulfide) groups is 1. The number of nitrogens with zero attached hydrogens (tertiary/aromatic N) is 2. The Morgan fingerprint density at radius 2 is 2.16 bits per heavy atom. The number of aromatic amines is 1.